The van der Waals surface area contributed by atoms with Crippen LogP contribution in [0.15, 0.2) is 6.07 Å². The van der Waals surface area contributed by atoms with Crippen molar-refractivity contribution in [2.45, 2.75) is 13.8 Å². The molecule has 0 aliphatic carbocycles. The van der Waals surface area contributed by atoms with Gasteiger partial charge in [0.1, 0.15) is 11.6 Å². The van der Waals surface area contributed by atoms with Crippen LogP contribution in [0.25, 0.3) is 0 Å². The van der Waals surface area contributed by atoms with Gasteiger partial charge in [-0.15, -0.1) is 11.6 Å². The number of hydrogen-bond donors (Lipinski definition) is 1. The highest BCUT2D eigenvalue weighted by atomic mass is 35.5. The summed E-state index contributed by atoms with van der Waals surface area (Å²) in [6.45, 7) is 5.78. The maximum atomic E-state index is 5.47. The maximum absolute atomic E-state index is 5.47. The van der Waals surface area contributed by atoms with E-state index >= 15 is 0 Å². The van der Waals surface area contributed by atoms with Crippen LogP contribution in [0.4, 0.5) is 5.82 Å². The molecule has 0 aliphatic heterocycles. The number of ether oxygens (including phenoxy) is 1. The Morgan fingerprint density at radius 1 is 1.33 bits per heavy atom. The van der Waals surface area contributed by atoms with E-state index in [0.717, 1.165) is 23.9 Å². The first-order chi connectivity index (χ1) is 7.22. The normalized spacial score (nSPS) is 10.3. The molecule has 1 rings (SSSR count). The van der Waals surface area contributed by atoms with Crippen LogP contribution in [-0.2, 0) is 4.74 Å². The molecule has 5 heteroatoms. The van der Waals surface area contributed by atoms with Gasteiger partial charge < -0.3 is 10.1 Å². The molecule has 1 aromatic heterocycles. The zero-order chi connectivity index (χ0) is 11.1. The predicted molar refractivity (Wildman–Crippen MR) is 61.5 cm³/mol. The van der Waals surface area contributed by atoms with E-state index in [9.17, 15) is 0 Å². The molecule has 0 saturated heterocycles. The number of nitrogens with zero attached hydrogens (tertiary/aromatic N) is 2. The van der Waals surface area contributed by atoms with Gasteiger partial charge in [0.2, 0.25) is 0 Å². The monoisotopic (exact) mass is 229 g/mol. The highest BCUT2D eigenvalue weighted by Crippen LogP contribution is 2.04. The van der Waals surface area contributed by atoms with E-state index in [2.05, 4.69) is 15.3 Å². The zero-order valence-electron chi connectivity index (χ0n) is 9.09. The van der Waals surface area contributed by atoms with E-state index in [-0.39, 0.29) is 0 Å². The van der Waals surface area contributed by atoms with Crippen LogP contribution < -0.4 is 5.32 Å². The highest BCUT2D eigenvalue weighted by Gasteiger charge is 1.97. The summed E-state index contributed by atoms with van der Waals surface area (Å²) in [6.07, 6.45) is 0. The first-order valence-corrected chi connectivity index (χ1v) is 5.45. The Morgan fingerprint density at radius 3 is 2.80 bits per heavy atom. The molecule has 0 bridgehead atoms. The van der Waals surface area contributed by atoms with Crippen molar-refractivity contribution in [2.24, 2.45) is 0 Å². The Hall–Kier alpha value is -0.870. The minimum absolute atomic E-state index is 0.533. The van der Waals surface area contributed by atoms with Crippen LogP contribution in [-0.4, -0.2) is 35.6 Å². The molecule has 1 heterocycles. The number of alkyl halides is 1. The van der Waals surface area contributed by atoms with Gasteiger partial charge in [-0.25, -0.2) is 9.97 Å². The molecule has 15 heavy (non-hydrogen) atoms. The van der Waals surface area contributed by atoms with E-state index in [0.29, 0.717) is 19.1 Å². The van der Waals surface area contributed by atoms with Gasteiger partial charge in [0.15, 0.2) is 0 Å². The Bertz CT molecular complexity index is 286. The summed E-state index contributed by atoms with van der Waals surface area (Å²) in [5.74, 6) is 2.15. The fourth-order valence-corrected chi connectivity index (χ4v) is 1.32. The smallest absolute Gasteiger partial charge is 0.129 e. The third kappa shape index (κ3) is 4.95. The average Bonchev–Trinajstić information content (AvgIpc) is 2.16. The molecular formula is C10H16ClN3O. The largest absolute Gasteiger partial charge is 0.378 e. The van der Waals surface area contributed by atoms with E-state index in [4.69, 9.17) is 16.3 Å². The molecule has 0 radical (unpaired) electrons. The summed E-state index contributed by atoms with van der Waals surface area (Å²) in [5, 5.41) is 3.17. The van der Waals surface area contributed by atoms with Gasteiger partial charge in [-0.3, -0.25) is 0 Å². The van der Waals surface area contributed by atoms with Crippen LogP contribution in [0.2, 0.25) is 0 Å². The van der Waals surface area contributed by atoms with Crippen molar-refractivity contribution < 1.29 is 4.74 Å². The fourth-order valence-electron chi connectivity index (χ4n) is 1.22. The number of halogens is 1. The molecular weight excluding hydrogens is 214 g/mol. The third-order valence-corrected chi connectivity index (χ3v) is 1.89. The van der Waals surface area contributed by atoms with Crippen molar-refractivity contribution in [3.05, 3.63) is 17.6 Å². The third-order valence-electron chi connectivity index (χ3n) is 1.74. The van der Waals surface area contributed by atoms with Gasteiger partial charge in [0, 0.05) is 24.2 Å². The van der Waals surface area contributed by atoms with Crippen molar-refractivity contribution in [3.8, 4) is 0 Å². The van der Waals surface area contributed by atoms with Crippen LogP contribution in [0, 0.1) is 13.8 Å². The van der Waals surface area contributed by atoms with Crippen LogP contribution in [0.5, 0.6) is 0 Å². The van der Waals surface area contributed by atoms with Crippen LogP contribution >= 0.6 is 11.6 Å². The van der Waals surface area contributed by atoms with E-state index in [1.54, 1.807) is 0 Å². The maximum Gasteiger partial charge on any atom is 0.129 e. The van der Waals surface area contributed by atoms with Crippen molar-refractivity contribution in [3.63, 3.8) is 0 Å². The molecule has 0 amide bonds. The Labute approximate surface area is 95.0 Å². The van der Waals surface area contributed by atoms with Gasteiger partial charge in [0.25, 0.3) is 0 Å². The number of aryl methyl sites for hydroxylation is 2. The standard InChI is InChI=1S/C10H16ClN3O/c1-8-7-10(14-9(2)13-8)12-4-6-15-5-3-11/h7H,3-6H2,1-2H3,(H,12,13,14). The number of aromatic nitrogens is 2. The molecule has 0 aromatic carbocycles. The van der Waals surface area contributed by atoms with E-state index in [1.807, 2.05) is 19.9 Å². The molecule has 0 fully saturated rings. The number of rotatable bonds is 6. The van der Waals surface area contributed by atoms with Crippen molar-refractivity contribution in [2.75, 3.05) is 31.0 Å². The second-order valence-electron chi connectivity index (χ2n) is 3.17. The second kappa shape index (κ2) is 6.58. The number of anilines is 1. The molecule has 0 atom stereocenters. The Morgan fingerprint density at radius 2 is 2.13 bits per heavy atom. The van der Waals surface area contributed by atoms with Gasteiger partial charge in [-0.1, -0.05) is 0 Å². The number of hydrogen-bond acceptors (Lipinski definition) is 4. The van der Waals surface area contributed by atoms with Gasteiger partial charge in [0.05, 0.1) is 13.2 Å². The van der Waals surface area contributed by atoms with Gasteiger partial charge >= 0.3 is 0 Å². The molecule has 84 valence electrons. The minimum atomic E-state index is 0.533. The van der Waals surface area contributed by atoms with E-state index in [1.165, 1.54) is 0 Å². The quantitative estimate of drug-likeness (QED) is 0.597. The van der Waals surface area contributed by atoms with Crippen molar-refractivity contribution in [1.29, 1.82) is 0 Å². The molecule has 0 aliphatic rings. The lowest BCUT2D eigenvalue weighted by molar-refractivity contribution is 0.160. The molecule has 1 aromatic rings. The Balaban J connectivity index is 2.31. The minimum Gasteiger partial charge on any atom is -0.378 e. The summed E-state index contributed by atoms with van der Waals surface area (Å²) < 4.78 is 5.23. The molecule has 1 N–H and O–H groups in total. The fraction of sp³-hybridized carbons (Fsp3) is 0.600. The molecule has 0 saturated carbocycles. The average molecular weight is 230 g/mol. The molecule has 0 unspecified atom stereocenters. The SMILES string of the molecule is Cc1cc(NCCOCCCl)nc(C)n1. The lowest BCUT2D eigenvalue weighted by Crippen LogP contribution is -2.12. The highest BCUT2D eigenvalue weighted by molar-refractivity contribution is 6.17. The summed E-state index contributed by atoms with van der Waals surface area (Å²) >= 11 is 5.47. The first-order valence-electron chi connectivity index (χ1n) is 4.92. The number of nitrogens with one attached hydrogen (secondary N) is 1. The second-order valence-corrected chi connectivity index (χ2v) is 3.55. The summed E-state index contributed by atoms with van der Waals surface area (Å²) in [7, 11) is 0. The van der Waals surface area contributed by atoms with Gasteiger partial charge in [-0.05, 0) is 13.8 Å². The lowest BCUT2D eigenvalue weighted by atomic mass is 10.4. The zero-order valence-corrected chi connectivity index (χ0v) is 9.84. The summed E-state index contributed by atoms with van der Waals surface area (Å²) in [5.41, 5.74) is 0.965. The van der Waals surface area contributed by atoms with Gasteiger partial charge in [-0.2, -0.15) is 0 Å². The van der Waals surface area contributed by atoms with E-state index < -0.39 is 0 Å². The summed E-state index contributed by atoms with van der Waals surface area (Å²) in [6, 6.07) is 1.91. The summed E-state index contributed by atoms with van der Waals surface area (Å²) in [4.78, 5) is 8.44. The molecule has 0 spiro atoms. The topological polar surface area (TPSA) is 47.0 Å². The molecule has 4 nitrogen and oxygen atoms in total. The first kappa shape index (κ1) is 12.2. The Kier molecular flexibility index (Phi) is 5.36. The lowest BCUT2D eigenvalue weighted by Gasteiger charge is -2.07. The predicted octanol–water partition coefficient (Wildman–Crippen LogP) is 1.76. The van der Waals surface area contributed by atoms with Crippen molar-refractivity contribution in [1.82, 2.24) is 9.97 Å². The van der Waals surface area contributed by atoms with Crippen LogP contribution in [0.3, 0.4) is 0 Å². The van der Waals surface area contributed by atoms with Crippen molar-refractivity contribution >= 4 is 17.4 Å². The van der Waals surface area contributed by atoms with Crippen LogP contribution in [0.1, 0.15) is 11.5 Å².